The molecule has 4 aromatic rings. The molecule has 0 amide bonds. The lowest BCUT2D eigenvalue weighted by Gasteiger charge is -2.15. The molecule has 7 heteroatoms. The molecule has 0 bridgehead atoms. The third-order valence-corrected chi connectivity index (χ3v) is 6.88. The first-order chi connectivity index (χ1) is 13.8. The number of hydrogen-bond acceptors (Lipinski definition) is 4. The van der Waals surface area contributed by atoms with Crippen LogP contribution in [0.5, 0.6) is 0 Å². The van der Waals surface area contributed by atoms with Crippen LogP contribution in [0.1, 0.15) is 25.5 Å². The Balaban J connectivity index is 1.63. The summed E-state index contributed by atoms with van der Waals surface area (Å²) in [5, 5.41) is 9.73. The number of pyridine rings is 2. The summed E-state index contributed by atoms with van der Waals surface area (Å²) < 4.78 is 7.98. The molecule has 4 heterocycles. The number of H-pyrrole nitrogens is 1. The fourth-order valence-electron chi connectivity index (χ4n) is 3.50. The molecule has 0 fully saturated rings. The highest BCUT2D eigenvalue weighted by atomic mass is 28.3. The Bertz CT molecular complexity index is 1140. The van der Waals surface area contributed by atoms with Crippen LogP contribution in [-0.2, 0) is 11.5 Å². The topological polar surface area (TPSA) is 68.6 Å². The Morgan fingerprint density at radius 3 is 2.76 bits per heavy atom. The molecular formula is C22H29N5OSi. The standard InChI is InChI=1S/C22H29N5OSi/c1-15(2)20-19-18(6-8-23-21(19)26-25-20)17-12-16-7-9-27(22(16)24-13-17)14-28-10-11-29(3,4)5/h6-9,12-13,15H,10-11,14H2,1-5H3,(H,23,25,26). The van der Waals surface area contributed by atoms with Crippen LogP contribution in [0.4, 0.5) is 0 Å². The van der Waals surface area contributed by atoms with Crippen molar-refractivity contribution < 1.29 is 4.74 Å². The van der Waals surface area contributed by atoms with Gasteiger partial charge in [-0.15, -0.1) is 0 Å². The van der Waals surface area contributed by atoms with Crippen molar-refractivity contribution in [3.05, 3.63) is 42.5 Å². The summed E-state index contributed by atoms with van der Waals surface area (Å²) in [6, 6.07) is 7.51. The van der Waals surface area contributed by atoms with Crippen LogP contribution in [0, 0.1) is 0 Å². The average Bonchev–Trinajstić information content (AvgIpc) is 3.28. The van der Waals surface area contributed by atoms with E-state index in [0.29, 0.717) is 12.6 Å². The smallest absolute Gasteiger partial charge is 0.155 e. The van der Waals surface area contributed by atoms with Crippen molar-refractivity contribution in [2.24, 2.45) is 0 Å². The van der Waals surface area contributed by atoms with E-state index in [4.69, 9.17) is 9.72 Å². The van der Waals surface area contributed by atoms with Gasteiger partial charge in [-0.3, -0.25) is 5.10 Å². The highest BCUT2D eigenvalue weighted by molar-refractivity contribution is 6.76. The first kappa shape index (κ1) is 19.8. The molecule has 0 radical (unpaired) electrons. The Morgan fingerprint density at radius 2 is 2.00 bits per heavy atom. The van der Waals surface area contributed by atoms with Gasteiger partial charge >= 0.3 is 0 Å². The summed E-state index contributed by atoms with van der Waals surface area (Å²) in [6.07, 6.45) is 5.81. The Labute approximate surface area is 172 Å². The molecule has 4 rings (SSSR count). The quantitative estimate of drug-likeness (QED) is 0.328. The van der Waals surface area contributed by atoms with Crippen LogP contribution in [0.25, 0.3) is 33.2 Å². The van der Waals surface area contributed by atoms with Gasteiger partial charge in [0.1, 0.15) is 12.4 Å². The van der Waals surface area contributed by atoms with E-state index in [9.17, 15) is 0 Å². The molecule has 152 valence electrons. The number of fused-ring (bicyclic) bond motifs is 2. The second-order valence-electron chi connectivity index (χ2n) is 9.12. The maximum atomic E-state index is 5.90. The molecule has 0 aliphatic heterocycles. The van der Waals surface area contributed by atoms with Gasteiger partial charge in [0.25, 0.3) is 0 Å². The fourth-order valence-corrected chi connectivity index (χ4v) is 4.26. The molecule has 4 aromatic heterocycles. The molecule has 29 heavy (non-hydrogen) atoms. The zero-order valence-corrected chi connectivity index (χ0v) is 18.9. The molecular weight excluding hydrogens is 378 g/mol. The number of nitrogens with one attached hydrogen (secondary N) is 1. The lowest BCUT2D eigenvalue weighted by Crippen LogP contribution is -2.22. The summed E-state index contributed by atoms with van der Waals surface area (Å²) in [7, 11) is -1.07. The maximum Gasteiger partial charge on any atom is 0.155 e. The zero-order valence-electron chi connectivity index (χ0n) is 17.9. The summed E-state index contributed by atoms with van der Waals surface area (Å²) >= 11 is 0. The highest BCUT2D eigenvalue weighted by Gasteiger charge is 2.16. The molecule has 0 spiro atoms. The Kier molecular flexibility index (Phi) is 5.27. The van der Waals surface area contributed by atoms with Gasteiger partial charge in [-0.05, 0) is 35.7 Å². The summed E-state index contributed by atoms with van der Waals surface area (Å²) in [6.45, 7) is 12.7. The van der Waals surface area contributed by atoms with Crippen LogP contribution in [0.2, 0.25) is 25.7 Å². The predicted molar refractivity (Wildman–Crippen MR) is 121 cm³/mol. The molecule has 0 saturated carbocycles. The lowest BCUT2D eigenvalue weighted by atomic mass is 9.99. The first-order valence-corrected chi connectivity index (χ1v) is 13.9. The van der Waals surface area contributed by atoms with Gasteiger partial charge < -0.3 is 9.30 Å². The number of ether oxygens (including phenoxy) is 1. The first-order valence-electron chi connectivity index (χ1n) is 10.2. The van der Waals surface area contributed by atoms with Crippen molar-refractivity contribution in [1.29, 1.82) is 0 Å². The zero-order chi connectivity index (χ0) is 20.6. The number of rotatable bonds is 7. The van der Waals surface area contributed by atoms with E-state index in [1.165, 1.54) is 6.04 Å². The van der Waals surface area contributed by atoms with Gasteiger partial charge in [-0.1, -0.05) is 33.5 Å². The Hall–Kier alpha value is -2.51. The van der Waals surface area contributed by atoms with Gasteiger partial charge in [-0.2, -0.15) is 5.10 Å². The van der Waals surface area contributed by atoms with E-state index in [2.05, 4.69) is 71.6 Å². The molecule has 0 unspecified atom stereocenters. The van der Waals surface area contributed by atoms with Crippen molar-refractivity contribution >= 4 is 30.1 Å². The maximum absolute atomic E-state index is 5.90. The van der Waals surface area contributed by atoms with Crippen LogP contribution in [0.15, 0.2) is 36.8 Å². The van der Waals surface area contributed by atoms with E-state index >= 15 is 0 Å². The van der Waals surface area contributed by atoms with Gasteiger partial charge in [0.15, 0.2) is 5.65 Å². The minimum absolute atomic E-state index is 0.317. The predicted octanol–water partition coefficient (Wildman–Crippen LogP) is 5.41. The van der Waals surface area contributed by atoms with Gasteiger partial charge in [-0.25, -0.2) is 9.97 Å². The van der Waals surface area contributed by atoms with Crippen molar-refractivity contribution in [2.45, 2.75) is 52.2 Å². The van der Waals surface area contributed by atoms with Crippen molar-refractivity contribution in [1.82, 2.24) is 24.7 Å². The van der Waals surface area contributed by atoms with Gasteiger partial charge in [0.05, 0.1) is 11.1 Å². The summed E-state index contributed by atoms with van der Waals surface area (Å²) in [5.74, 6) is 0.317. The van der Waals surface area contributed by atoms with Gasteiger partial charge in [0, 0.05) is 44.2 Å². The monoisotopic (exact) mass is 407 g/mol. The molecule has 0 aliphatic rings. The second kappa shape index (κ2) is 7.72. The molecule has 0 aliphatic carbocycles. The van der Waals surface area contributed by atoms with Crippen molar-refractivity contribution in [3.63, 3.8) is 0 Å². The molecule has 1 N–H and O–H groups in total. The van der Waals surface area contributed by atoms with E-state index in [1.54, 1.807) is 0 Å². The minimum Gasteiger partial charge on any atom is -0.361 e. The molecule has 0 saturated heterocycles. The number of nitrogens with zero attached hydrogens (tertiary/aromatic N) is 4. The lowest BCUT2D eigenvalue weighted by molar-refractivity contribution is 0.0899. The normalized spacial score (nSPS) is 12.5. The highest BCUT2D eigenvalue weighted by Crippen LogP contribution is 2.33. The average molecular weight is 408 g/mol. The molecule has 6 nitrogen and oxygen atoms in total. The van der Waals surface area contributed by atoms with E-state index in [1.807, 2.05) is 18.5 Å². The number of hydrogen-bond donors (Lipinski definition) is 1. The molecule has 0 aromatic carbocycles. The van der Waals surface area contributed by atoms with E-state index < -0.39 is 8.07 Å². The molecule has 0 atom stereocenters. The summed E-state index contributed by atoms with van der Waals surface area (Å²) in [4.78, 5) is 9.19. The van der Waals surface area contributed by atoms with Crippen molar-refractivity contribution in [3.8, 4) is 11.1 Å². The summed E-state index contributed by atoms with van der Waals surface area (Å²) in [5.41, 5.74) is 4.99. The van der Waals surface area contributed by atoms with Crippen LogP contribution in [0.3, 0.4) is 0 Å². The second-order valence-corrected chi connectivity index (χ2v) is 14.7. The Morgan fingerprint density at radius 1 is 1.17 bits per heavy atom. The minimum atomic E-state index is -1.07. The third kappa shape index (κ3) is 4.11. The van der Waals surface area contributed by atoms with E-state index in [0.717, 1.165) is 45.5 Å². The van der Waals surface area contributed by atoms with Crippen molar-refractivity contribution in [2.75, 3.05) is 6.61 Å². The number of aromatic amines is 1. The fraction of sp³-hybridized carbons (Fsp3) is 0.409. The number of aromatic nitrogens is 5. The van der Waals surface area contributed by atoms with Crippen LogP contribution < -0.4 is 0 Å². The SMILES string of the molecule is CC(C)c1n[nH]c2nccc(-c3cnc4c(ccn4COCC[Si](C)(C)C)c3)c12. The third-order valence-electron chi connectivity index (χ3n) is 5.18. The van der Waals surface area contributed by atoms with Gasteiger partial charge in [0.2, 0.25) is 0 Å². The largest absolute Gasteiger partial charge is 0.361 e. The van der Waals surface area contributed by atoms with Crippen LogP contribution >= 0.6 is 0 Å². The van der Waals surface area contributed by atoms with E-state index in [-0.39, 0.29) is 0 Å². The van der Waals surface area contributed by atoms with Crippen LogP contribution in [-0.4, -0.2) is 39.4 Å².